The summed E-state index contributed by atoms with van der Waals surface area (Å²) in [5, 5.41) is 1.70. The van der Waals surface area contributed by atoms with Crippen LogP contribution < -0.4 is 0 Å². The van der Waals surface area contributed by atoms with Crippen LogP contribution >= 0.6 is 0 Å². The third-order valence-electron chi connectivity index (χ3n) is 6.54. The first-order valence-electron chi connectivity index (χ1n) is 10.5. The summed E-state index contributed by atoms with van der Waals surface area (Å²) in [6.45, 7) is 4.43. The second kappa shape index (κ2) is 7.84. The molecule has 4 rings (SSSR count). The predicted molar refractivity (Wildman–Crippen MR) is 114 cm³/mol. The summed E-state index contributed by atoms with van der Waals surface area (Å²) in [5.74, 6) is 1.49. The van der Waals surface area contributed by atoms with E-state index in [1.807, 2.05) is 24.3 Å². The number of halogens is 1. The van der Waals surface area contributed by atoms with E-state index in [-0.39, 0.29) is 5.82 Å². The Labute approximate surface area is 162 Å². The fraction of sp³-hybridized carbons (Fsp3) is 0.385. The number of benzene rings is 3. The molecule has 3 aromatic rings. The molecule has 0 bridgehead atoms. The van der Waals surface area contributed by atoms with Gasteiger partial charge in [0.2, 0.25) is 0 Å². The third-order valence-corrected chi connectivity index (χ3v) is 6.54. The average Bonchev–Trinajstić information content (AvgIpc) is 2.74. The van der Waals surface area contributed by atoms with Gasteiger partial charge in [0.1, 0.15) is 5.82 Å². The molecule has 1 fully saturated rings. The first-order chi connectivity index (χ1) is 13.2. The molecule has 0 saturated heterocycles. The Balaban J connectivity index is 1.59. The molecule has 0 heterocycles. The minimum absolute atomic E-state index is 0.105. The summed E-state index contributed by atoms with van der Waals surface area (Å²) in [6.07, 6.45) is 7.57. The van der Waals surface area contributed by atoms with E-state index in [0.717, 1.165) is 23.3 Å². The highest BCUT2D eigenvalue weighted by Crippen LogP contribution is 2.38. The second-order valence-electron chi connectivity index (χ2n) is 8.08. The van der Waals surface area contributed by atoms with Crippen molar-refractivity contribution >= 4 is 10.8 Å². The van der Waals surface area contributed by atoms with Crippen molar-refractivity contribution in [3.63, 3.8) is 0 Å². The van der Waals surface area contributed by atoms with Gasteiger partial charge >= 0.3 is 0 Å². The van der Waals surface area contributed by atoms with Crippen molar-refractivity contribution in [2.45, 2.75) is 58.3 Å². The van der Waals surface area contributed by atoms with E-state index in [4.69, 9.17) is 0 Å². The fourth-order valence-corrected chi connectivity index (χ4v) is 4.62. The van der Waals surface area contributed by atoms with Gasteiger partial charge in [-0.25, -0.2) is 4.39 Å². The number of rotatable bonds is 4. The molecule has 1 saturated carbocycles. The molecule has 3 aromatic carbocycles. The summed E-state index contributed by atoms with van der Waals surface area (Å²) < 4.78 is 15.1. The zero-order chi connectivity index (χ0) is 18.8. The normalized spacial score (nSPS) is 20.1. The maximum Gasteiger partial charge on any atom is 0.138 e. The van der Waals surface area contributed by atoms with Crippen molar-refractivity contribution in [3.8, 4) is 11.1 Å². The molecule has 0 N–H and O–H groups in total. The summed E-state index contributed by atoms with van der Waals surface area (Å²) in [6, 6.07) is 18.7. The van der Waals surface area contributed by atoms with Crippen LogP contribution in [0.3, 0.4) is 0 Å². The highest BCUT2D eigenvalue weighted by Gasteiger charge is 2.21. The van der Waals surface area contributed by atoms with Crippen LogP contribution in [0, 0.1) is 11.7 Å². The van der Waals surface area contributed by atoms with Crippen LogP contribution in [0.25, 0.3) is 21.9 Å². The van der Waals surface area contributed by atoms with E-state index < -0.39 is 0 Å². The van der Waals surface area contributed by atoms with Crippen molar-refractivity contribution in [1.82, 2.24) is 0 Å². The minimum atomic E-state index is -0.105. The second-order valence-corrected chi connectivity index (χ2v) is 8.08. The third kappa shape index (κ3) is 3.65. The Morgan fingerprint density at radius 3 is 2.26 bits per heavy atom. The van der Waals surface area contributed by atoms with E-state index in [0.29, 0.717) is 16.9 Å². The Morgan fingerprint density at radius 1 is 0.852 bits per heavy atom. The van der Waals surface area contributed by atoms with Gasteiger partial charge in [0, 0.05) is 10.9 Å². The van der Waals surface area contributed by atoms with Crippen molar-refractivity contribution in [1.29, 1.82) is 0 Å². The molecule has 0 aromatic heterocycles. The van der Waals surface area contributed by atoms with Gasteiger partial charge < -0.3 is 0 Å². The van der Waals surface area contributed by atoms with E-state index in [1.165, 1.54) is 43.2 Å². The summed E-state index contributed by atoms with van der Waals surface area (Å²) in [7, 11) is 0. The van der Waals surface area contributed by atoms with E-state index in [2.05, 4.69) is 44.2 Å². The molecule has 0 unspecified atom stereocenters. The average molecular weight is 361 g/mol. The lowest BCUT2D eigenvalue weighted by molar-refractivity contribution is 0.319. The van der Waals surface area contributed by atoms with Crippen molar-refractivity contribution < 1.29 is 4.39 Å². The van der Waals surface area contributed by atoms with Crippen LogP contribution in [-0.4, -0.2) is 0 Å². The molecule has 0 atom stereocenters. The Kier molecular flexibility index (Phi) is 5.29. The first kappa shape index (κ1) is 18.2. The van der Waals surface area contributed by atoms with Crippen LogP contribution in [0.2, 0.25) is 0 Å². The lowest BCUT2D eigenvalue weighted by Crippen LogP contribution is -2.12. The molecular weight excluding hydrogens is 331 g/mol. The molecule has 0 spiro atoms. The van der Waals surface area contributed by atoms with Gasteiger partial charge in [-0.15, -0.1) is 0 Å². The van der Waals surface area contributed by atoms with Gasteiger partial charge in [-0.2, -0.15) is 0 Å². The van der Waals surface area contributed by atoms with Gasteiger partial charge in [0.05, 0.1) is 0 Å². The highest BCUT2D eigenvalue weighted by molar-refractivity contribution is 5.88. The van der Waals surface area contributed by atoms with Crippen molar-refractivity contribution in [2.75, 3.05) is 0 Å². The van der Waals surface area contributed by atoms with Gasteiger partial charge in [-0.1, -0.05) is 74.9 Å². The lowest BCUT2D eigenvalue weighted by atomic mass is 9.77. The fourth-order valence-electron chi connectivity index (χ4n) is 4.62. The summed E-state index contributed by atoms with van der Waals surface area (Å²) >= 11 is 0. The van der Waals surface area contributed by atoms with Gasteiger partial charge in [0.15, 0.2) is 0 Å². The standard InChI is InChI=1S/C26H29F/c1-3-18-5-8-20(9-6-18)21-10-12-22(13-11-21)24-16-14-23-17-19(4-2)7-15-25(23)26(24)27/h7,10-18,20H,3-6,8-9H2,1-2H3. The van der Waals surface area contributed by atoms with Crippen LogP contribution in [0.1, 0.15) is 63.0 Å². The topological polar surface area (TPSA) is 0 Å². The van der Waals surface area contributed by atoms with Gasteiger partial charge in [-0.05, 0) is 66.0 Å². The SMILES string of the molecule is CCc1ccc2c(F)c(-c3ccc(C4CCC(CC)CC4)cc3)ccc2c1. The largest absolute Gasteiger partial charge is 0.206 e. The Bertz CT molecular complexity index is 915. The number of aryl methyl sites for hydroxylation is 1. The zero-order valence-corrected chi connectivity index (χ0v) is 16.5. The van der Waals surface area contributed by atoms with Crippen molar-refractivity contribution in [2.24, 2.45) is 5.92 Å². The molecule has 0 nitrogen and oxygen atoms in total. The van der Waals surface area contributed by atoms with Crippen LogP contribution in [-0.2, 0) is 6.42 Å². The van der Waals surface area contributed by atoms with Crippen LogP contribution in [0.5, 0.6) is 0 Å². The molecule has 1 heteroatoms. The zero-order valence-electron chi connectivity index (χ0n) is 16.5. The molecule has 27 heavy (non-hydrogen) atoms. The molecule has 1 aliphatic rings. The first-order valence-corrected chi connectivity index (χ1v) is 10.5. The number of fused-ring (bicyclic) bond motifs is 1. The summed E-state index contributed by atoms with van der Waals surface area (Å²) in [4.78, 5) is 0. The molecule has 0 radical (unpaired) electrons. The minimum Gasteiger partial charge on any atom is -0.206 e. The Hall–Kier alpha value is -2.15. The van der Waals surface area contributed by atoms with Gasteiger partial charge in [0.25, 0.3) is 0 Å². The predicted octanol–water partition coefficient (Wildman–Crippen LogP) is 7.89. The molecule has 140 valence electrons. The van der Waals surface area contributed by atoms with Crippen molar-refractivity contribution in [3.05, 3.63) is 71.5 Å². The van der Waals surface area contributed by atoms with Crippen LogP contribution in [0.4, 0.5) is 4.39 Å². The molecule has 0 amide bonds. The molecule has 1 aliphatic carbocycles. The number of hydrogen-bond donors (Lipinski definition) is 0. The molecular formula is C26H29F. The smallest absolute Gasteiger partial charge is 0.138 e. The van der Waals surface area contributed by atoms with Gasteiger partial charge in [-0.3, -0.25) is 0 Å². The van der Waals surface area contributed by atoms with E-state index >= 15 is 4.39 Å². The maximum absolute atomic E-state index is 15.1. The van der Waals surface area contributed by atoms with Crippen LogP contribution in [0.15, 0.2) is 54.6 Å². The summed E-state index contributed by atoms with van der Waals surface area (Å²) in [5.41, 5.74) is 4.34. The Morgan fingerprint density at radius 2 is 1.59 bits per heavy atom. The maximum atomic E-state index is 15.1. The monoisotopic (exact) mass is 360 g/mol. The quantitative estimate of drug-likeness (QED) is 0.443. The van der Waals surface area contributed by atoms with E-state index in [9.17, 15) is 0 Å². The van der Waals surface area contributed by atoms with E-state index in [1.54, 1.807) is 0 Å². The number of hydrogen-bond acceptors (Lipinski definition) is 0. The highest BCUT2D eigenvalue weighted by atomic mass is 19.1. The molecule has 0 aliphatic heterocycles. The lowest BCUT2D eigenvalue weighted by Gasteiger charge is -2.28.